The standard InChI is InChI=1S/C19H13F3O/c1-11-2-4-12(5-3-11)15-7-6-13(8-16(15)20)19-17(21)9-14(23)10-18(19)22/h2-10,23H,1H3. The van der Waals surface area contributed by atoms with Gasteiger partial charge in [-0.05, 0) is 24.1 Å². The molecular weight excluding hydrogens is 301 g/mol. The minimum absolute atomic E-state index is 0.0772. The molecule has 0 fully saturated rings. The van der Waals surface area contributed by atoms with Crippen LogP contribution in [0.25, 0.3) is 22.3 Å². The van der Waals surface area contributed by atoms with Crippen LogP contribution in [0.4, 0.5) is 13.2 Å². The number of rotatable bonds is 2. The summed E-state index contributed by atoms with van der Waals surface area (Å²) < 4.78 is 42.1. The van der Waals surface area contributed by atoms with E-state index < -0.39 is 23.2 Å². The molecule has 116 valence electrons. The number of phenols is 1. The van der Waals surface area contributed by atoms with Crippen LogP contribution < -0.4 is 0 Å². The van der Waals surface area contributed by atoms with E-state index in [4.69, 9.17) is 0 Å². The van der Waals surface area contributed by atoms with E-state index in [1.807, 2.05) is 19.1 Å². The summed E-state index contributed by atoms with van der Waals surface area (Å²) in [4.78, 5) is 0. The lowest BCUT2D eigenvalue weighted by Gasteiger charge is -2.09. The van der Waals surface area contributed by atoms with Crippen molar-refractivity contribution >= 4 is 0 Å². The van der Waals surface area contributed by atoms with E-state index in [2.05, 4.69) is 0 Å². The van der Waals surface area contributed by atoms with Gasteiger partial charge in [0.05, 0.1) is 5.56 Å². The van der Waals surface area contributed by atoms with Gasteiger partial charge in [-0.25, -0.2) is 13.2 Å². The highest BCUT2D eigenvalue weighted by Gasteiger charge is 2.15. The molecule has 0 unspecified atom stereocenters. The predicted octanol–water partition coefficient (Wildman–Crippen LogP) is 5.45. The molecule has 23 heavy (non-hydrogen) atoms. The first-order chi connectivity index (χ1) is 11.0. The average Bonchev–Trinajstić information content (AvgIpc) is 2.47. The van der Waals surface area contributed by atoms with Gasteiger partial charge in [0.25, 0.3) is 0 Å². The zero-order chi connectivity index (χ0) is 16.6. The molecule has 0 amide bonds. The smallest absolute Gasteiger partial charge is 0.137 e. The van der Waals surface area contributed by atoms with Crippen LogP contribution in [0, 0.1) is 24.4 Å². The van der Waals surface area contributed by atoms with Gasteiger partial charge in [-0.15, -0.1) is 0 Å². The highest BCUT2D eigenvalue weighted by atomic mass is 19.1. The first-order valence-corrected chi connectivity index (χ1v) is 7.00. The fourth-order valence-electron chi connectivity index (χ4n) is 2.47. The molecule has 0 aliphatic carbocycles. The summed E-state index contributed by atoms with van der Waals surface area (Å²) in [6.45, 7) is 1.93. The van der Waals surface area contributed by atoms with Gasteiger partial charge in [-0.3, -0.25) is 0 Å². The van der Waals surface area contributed by atoms with Gasteiger partial charge in [-0.2, -0.15) is 0 Å². The van der Waals surface area contributed by atoms with Crippen LogP contribution in [0.15, 0.2) is 54.6 Å². The zero-order valence-corrected chi connectivity index (χ0v) is 12.3. The van der Waals surface area contributed by atoms with E-state index in [1.54, 1.807) is 12.1 Å². The molecular formula is C19H13F3O. The number of hydrogen-bond acceptors (Lipinski definition) is 1. The van der Waals surface area contributed by atoms with Crippen LogP contribution in [0.5, 0.6) is 5.75 Å². The topological polar surface area (TPSA) is 20.2 Å². The fourth-order valence-corrected chi connectivity index (χ4v) is 2.47. The zero-order valence-electron chi connectivity index (χ0n) is 12.3. The molecule has 0 saturated carbocycles. The Kier molecular flexibility index (Phi) is 3.82. The van der Waals surface area contributed by atoms with Crippen LogP contribution in [0.1, 0.15) is 5.56 Å². The van der Waals surface area contributed by atoms with E-state index in [0.717, 1.165) is 23.8 Å². The second kappa shape index (κ2) is 5.80. The summed E-state index contributed by atoms with van der Waals surface area (Å²) in [6.07, 6.45) is 0. The Morgan fingerprint density at radius 2 is 1.26 bits per heavy atom. The number of hydrogen-bond donors (Lipinski definition) is 1. The highest BCUT2D eigenvalue weighted by molar-refractivity contribution is 5.72. The first-order valence-electron chi connectivity index (χ1n) is 7.00. The van der Waals surface area contributed by atoms with Gasteiger partial charge in [-0.1, -0.05) is 42.0 Å². The third kappa shape index (κ3) is 2.93. The van der Waals surface area contributed by atoms with Gasteiger partial charge in [0, 0.05) is 17.7 Å². The van der Waals surface area contributed by atoms with Gasteiger partial charge >= 0.3 is 0 Å². The van der Waals surface area contributed by atoms with Crippen molar-refractivity contribution in [3.05, 3.63) is 77.6 Å². The quantitative estimate of drug-likeness (QED) is 0.666. The molecule has 0 spiro atoms. The van der Waals surface area contributed by atoms with Crippen molar-refractivity contribution in [1.29, 1.82) is 0 Å². The molecule has 0 bridgehead atoms. The van der Waals surface area contributed by atoms with Crippen LogP contribution in [-0.4, -0.2) is 5.11 Å². The van der Waals surface area contributed by atoms with Crippen LogP contribution in [0.3, 0.4) is 0 Å². The Bertz CT molecular complexity index is 847. The predicted molar refractivity (Wildman–Crippen MR) is 83.6 cm³/mol. The summed E-state index contributed by atoms with van der Waals surface area (Å²) in [5.74, 6) is -2.96. The van der Waals surface area contributed by atoms with Gasteiger partial charge in [0.15, 0.2) is 0 Å². The average molecular weight is 314 g/mol. The third-order valence-corrected chi connectivity index (χ3v) is 3.65. The van der Waals surface area contributed by atoms with E-state index in [1.165, 1.54) is 12.1 Å². The lowest BCUT2D eigenvalue weighted by Crippen LogP contribution is -1.92. The third-order valence-electron chi connectivity index (χ3n) is 3.65. The number of aromatic hydroxyl groups is 1. The second-order valence-corrected chi connectivity index (χ2v) is 5.35. The summed E-state index contributed by atoms with van der Waals surface area (Å²) in [5.41, 5.74) is 1.81. The van der Waals surface area contributed by atoms with Crippen LogP contribution >= 0.6 is 0 Å². The highest BCUT2D eigenvalue weighted by Crippen LogP contribution is 2.32. The monoisotopic (exact) mass is 314 g/mol. The molecule has 0 heterocycles. The van der Waals surface area contributed by atoms with Crippen molar-refractivity contribution in [2.75, 3.05) is 0 Å². The Balaban J connectivity index is 2.08. The maximum absolute atomic E-state index is 14.4. The largest absolute Gasteiger partial charge is 0.508 e. The molecule has 0 radical (unpaired) electrons. The fraction of sp³-hybridized carbons (Fsp3) is 0.0526. The van der Waals surface area contributed by atoms with E-state index in [-0.39, 0.29) is 11.1 Å². The molecule has 1 nitrogen and oxygen atoms in total. The molecule has 3 aromatic rings. The summed E-state index contributed by atoms with van der Waals surface area (Å²) in [7, 11) is 0. The number of halogens is 3. The summed E-state index contributed by atoms with van der Waals surface area (Å²) in [6, 6.07) is 12.9. The maximum Gasteiger partial charge on any atom is 0.137 e. The lowest BCUT2D eigenvalue weighted by molar-refractivity contribution is 0.461. The lowest BCUT2D eigenvalue weighted by atomic mass is 9.98. The van der Waals surface area contributed by atoms with Crippen molar-refractivity contribution in [2.24, 2.45) is 0 Å². The van der Waals surface area contributed by atoms with Crippen molar-refractivity contribution in [3.63, 3.8) is 0 Å². The SMILES string of the molecule is Cc1ccc(-c2ccc(-c3c(F)cc(O)cc3F)cc2F)cc1. The Hall–Kier alpha value is -2.75. The van der Waals surface area contributed by atoms with Crippen molar-refractivity contribution in [1.82, 2.24) is 0 Å². The Labute approximate surface area is 131 Å². The molecule has 0 aliphatic heterocycles. The number of benzene rings is 3. The second-order valence-electron chi connectivity index (χ2n) is 5.35. The van der Waals surface area contributed by atoms with Gasteiger partial charge in [0.2, 0.25) is 0 Å². The summed E-state index contributed by atoms with van der Waals surface area (Å²) >= 11 is 0. The molecule has 0 aliphatic rings. The molecule has 0 aromatic heterocycles. The Morgan fingerprint density at radius 3 is 1.83 bits per heavy atom. The molecule has 1 N–H and O–H groups in total. The van der Waals surface area contributed by atoms with Gasteiger partial charge < -0.3 is 5.11 Å². The van der Waals surface area contributed by atoms with Gasteiger partial charge in [0.1, 0.15) is 23.2 Å². The molecule has 0 saturated heterocycles. The van der Waals surface area contributed by atoms with Crippen molar-refractivity contribution in [2.45, 2.75) is 6.92 Å². The minimum Gasteiger partial charge on any atom is -0.508 e. The van der Waals surface area contributed by atoms with Crippen LogP contribution in [-0.2, 0) is 0 Å². The first kappa shape index (κ1) is 15.2. The van der Waals surface area contributed by atoms with E-state index in [9.17, 15) is 18.3 Å². The Morgan fingerprint density at radius 1 is 0.696 bits per heavy atom. The molecule has 0 atom stereocenters. The van der Waals surface area contributed by atoms with Crippen LogP contribution in [0.2, 0.25) is 0 Å². The van der Waals surface area contributed by atoms with E-state index >= 15 is 0 Å². The normalized spacial score (nSPS) is 10.8. The van der Waals surface area contributed by atoms with Crippen molar-refractivity contribution in [3.8, 4) is 28.0 Å². The molecule has 3 rings (SSSR count). The van der Waals surface area contributed by atoms with E-state index in [0.29, 0.717) is 11.1 Å². The number of aryl methyl sites for hydroxylation is 1. The maximum atomic E-state index is 14.4. The minimum atomic E-state index is -0.940. The van der Waals surface area contributed by atoms with Crippen molar-refractivity contribution < 1.29 is 18.3 Å². The summed E-state index contributed by atoms with van der Waals surface area (Å²) in [5, 5.41) is 9.18. The molecule has 4 heteroatoms. The number of phenolic OH excluding ortho intramolecular Hbond substituents is 1. The molecule has 3 aromatic carbocycles.